The highest BCUT2D eigenvalue weighted by molar-refractivity contribution is 7.99. The summed E-state index contributed by atoms with van der Waals surface area (Å²) in [5.41, 5.74) is 2.34. The minimum Gasteiger partial charge on any atom is -0.346 e. The Morgan fingerprint density at radius 1 is 1.31 bits per heavy atom. The third-order valence-corrected chi connectivity index (χ3v) is 3.75. The summed E-state index contributed by atoms with van der Waals surface area (Å²) in [6.45, 7) is 10.8. The Labute approximate surface area is 107 Å². The van der Waals surface area contributed by atoms with Gasteiger partial charge in [-0.1, -0.05) is 39.9 Å². The zero-order valence-corrected chi connectivity index (χ0v) is 12.3. The Morgan fingerprint density at radius 2 is 1.94 bits per heavy atom. The minimum absolute atomic E-state index is 0.433. The molecular weight excluding hydrogens is 236 g/mol. The molecule has 1 rings (SSSR count). The van der Waals surface area contributed by atoms with Gasteiger partial charge >= 0.3 is 0 Å². The highest BCUT2D eigenvalue weighted by atomic mass is 32.2. The quantitative estimate of drug-likeness (QED) is 0.818. The van der Waals surface area contributed by atoms with Crippen LogP contribution in [0.2, 0.25) is 0 Å². The molecule has 0 saturated heterocycles. The molecule has 0 aliphatic carbocycles. The van der Waals surface area contributed by atoms with Crippen molar-refractivity contribution >= 4 is 24.0 Å². The van der Waals surface area contributed by atoms with Crippen molar-refractivity contribution in [2.45, 2.75) is 51.5 Å². The monoisotopic (exact) mass is 256 g/mol. The van der Waals surface area contributed by atoms with Gasteiger partial charge in [-0.25, -0.2) is 4.98 Å². The van der Waals surface area contributed by atoms with Gasteiger partial charge in [-0.3, -0.25) is 0 Å². The van der Waals surface area contributed by atoms with Gasteiger partial charge in [0.25, 0.3) is 0 Å². The van der Waals surface area contributed by atoms with Gasteiger partial charge in [0.2, 0.25) is 0 Å². The largest absolute Gasteiger partial charge is 0.346 e. The SMILES string of the molecule is Cc1[nH]c(CSC(C)C)nc(=S)c1C(C)C. The molecule has 90 valence electrons. The molecule has 1 N–H and O–H groups in total. The zero-order valence-electron chi connectivity index (χ0n) is 10.6. The van der Waals surface area contributed by atoms with Crippen LogP contribution < -0.4 is 0 Å². The third-order valence-electron chi connectivity index (χ3n) is 2.33. The first-order valence-corrected chi connectivity index (χ1v) is 7.08. The van der Waals surface area contributed by atoms with Crippen molar-refractivity contribution in [3.8, 4) is 0 Å². The molecule has 0 aliphatic rings. The number of H-pyrrole nitrogens is 1. The Balaban J connectivity index is 2.96. The number of aromatic amines is 1. The number of nitrogens with one attached hydrogen (secondary N) is 1. The fourth-order valence-corrected chi connectivity index (χ4v) is 2.78. The standard InChI is InChI=1S/C12H20N2S2/c1-7(2)11-9(5)13-10(14-12(11)15)6-16-8(3)4/h7-8H,6H2,1-5H3,(H,13,14,15). The van der Waals surface area contributed by atoms with Gasteiger partial charge < -0.3 is 4.98 Å². The maximum Gasteiger partial charge on any atom is 0.133 e. The summed E-state index contributed by atoms with van der Waals surface area (Å²) in [5.74, 6) is 2.33. The van der Waals surface area contributed by atoms with E-state index in [2.05, 4.69) is 44.6 Å². The van der Waals surface area contributed by atoms with Crippen LogP contribution in [0.25, 0.3) is 0 Å². The second-order valence-corrected chi connectivity index (χ2v) is 6.49. The van der Waals surface area contributed by atoms with Crippen LogP contribution in [0, 0.1) is 11.6 Å². The minimum atomic E-state index is 0.433. The van der Waals surface area contributed by atoms with Crippen LogP contribution in [0.4, 0.5) is 0 Å². The maximum absolute atomic E-state index is 5.34. The number of nitrogens with zero attached hydrogens (tertiary/aromatic N) is 1. The average Bonchev–Trinajstić information content (AvgIpc) is 2.12. The molecule has 0 aromatic carbocycles. The highest BCUT2D eigenvalue weighted by Gasteiger charge is 2.09. The normalized spacial score (nSPS) is 11.4. The van der Waals surface area contributed by atoms with E-state index in [0.29, 0.717) is 11.2 Å². The van der Waals surface area contributed by atoms with E-state index in [0.717, 1.165) is 21.9 Å². The number of hydrogen-bond donors (Lipinski definition) is 1. The molecule has 1 aromatic heterocycles. The molecule has 4 heteroatoms. The summed E-state index contributed by atoms with van der Waals surface area (Å²) in [5, 5.41) is 0.619. The highest BCUT2D eigenvalue weighted by Crippen LogP contribution is 2.20. The number of rotatable bonds is 4. The lowest BCUT2D eigenvalue weighted by atomic mass is 10.0. The van der Waals surface area contributed by atoms with Crippen LogP contribution in [-0.4, -0.2) is 15.2 Å². The van der Waals surface area contributed by atoms with E-state index in [1.165, 1.54) is 5.56 Å². The zero-order chi connectivity index (χ0) is 12.3. The van der Waals surface area contributed by atoms with Gasteiger partial charge in [0.1, 0.15) is 10.5 Å². The van der Waals surface area contributed by atoms with Crippen molar-refractivity contribution in [2.75, 3.05) is 0 Å². The predicted molar refractivity (Wildman–Crippen MR) is 74.7 cm³/mol. The maximum atomic E-state index is 5.34. The van der Waals surface area contributed by atoms with Gasteiger partial charge in [-0.15, -0.1) is 0 Å². The van der Waals surface area contributed by atoms with Crippen LogP contribution >= 0.6 is 24.0 Å². The van der Waals surface area contributed by atoms with E-state index in [1.807, 2.05) is 11.8 Å². The second kappa shape index (κ2) is 5.82. The van der Waals surface area contributed by atoms with Crippen LogP contribution in [-0.2, 0) is 5.75 Å². The first kappa shape index (κ1) is 13.7. The molecular formula is C12H20N2S2. The van der Waals surface area contributed by atoms with Crippen molar-refractivity contribution in [3.05, 3.63) is 21.7 Å². The Bertz CT molecular complexity index is 408. The van der Waals surface area contributed by atoms with Crippen molar-refractivity contribution in [2.24, 2.45) is 0 Å². The summed E-state index contributed by atoms with van der Waals surface area (Å²) >= 11 is 7.22. The van der Waals surface area contributed by atoms with E-state index >= 15 is 0 Å². The van der Waals surface area contributed by atoms with Gasteiger partial charge in [0.05, 0.1) is 5.75 Å². The Kier molecular flexibility index (Phi) is 4.99. The average molecular weight is 256 g/mol. The molecule has 1 heterocycles. The lowest BCUT2D eigenvalue weighted by Gasteiger charge is -2.12. The number of aromatic nitrogens is 2. The molecule has 2 nitrogen and oxygen atoms in total. The van der Waals surface area contributed by atoms with Crippen molar-refractivity contribution in [3.63, 3.8) is 0 Å². The summed E-state index contributed by atoms with van der Waals surface area (Å²) in [4.78, 5) is 7.82. The summed E-state index contributed by atoms with van der Waals surface area (Å²) in [6.07, 6.45) is 0. The molecule has 0 bridgehead atoms. The van der Waals surface area contributed by atoms with Gasteiger partial charge in [0.15, 0.2) is 0 Å². The molecule has 0 radical (unpaired) electrons. The lowest BCUT2D eigenvalue weighted by molar-refractivity contribution is 0.810. The summed E-state index contributed by atoms with van der Waals surface area (Å²) < 4.78 is 0.755. The molecule has 0 atom stereocenters. The number of hydrogen-bond acceptors (Lipinski definition) is 3. The molecule has 0 saturated carbocycles. The number of aryl methyl sites for hydroxylation is 1. The Hall–Kier alpha value is -0.350. The molecule has 0 spiro atoms. The van der Waals surface area contributed by atoms with Crippen molar-refractivity contribution in [1.29, 1.82) is 0 Å². The fraction of sp³-hybridized carbons (Fsp3) is 0.667. The van der Waals surface area contributed by atoms with Crippen molar-refractivity contribution < 1.29 is 0 Å². The molecule has 1 aromatic rings. The first-order chi connectivity index (χ1) is 7.41. The van der Waals surface area contributed by atoms with Crippen LogP contribution in [0.15, 0.2) is 0 Å². The first-order valence-electron chi connectivity index (χ1n) is 5.63. The van der Waals surface area contributed by atoms with Crippen LogP contribution in [0.1, 0.15) is 50.7 Å². The predicted octanol–water partition coefficient (Wildman–Crippen LogP) is 4.21. The van der Waals surface area contributed by atoms with E-state index in [4.69, 9.17) is 12.2 Å². The third kappa shape index (κ3) is 3.59. The second-order valence-electron chi connectivity index (χ2n) is 4.54. The van der Waals surface area contributed by atoms with Crippen LogP contribution in [0.5, 0.6) is 0 Å². The molecule has 0 amide bonds. The molecule has 16 heavy (non-hydrogen) atoms. The van der Waals surface area contributed by atoms with Gasteiger partial charge in [-0.2, -0.15) is 11.8 Å². The lowest BCUT2D eigenvalue weighted by Crippen LogP contribution is -2.04. The van der Waals surface area contributed by atoms with Crippen molar-refractivity contribution in [1.82, 2.24) is 9.97 Å². The topological polar surface area (TPSA) is 28.7 Å². The van der Waals surface area contributed by atoms with Crippen LogP contribution in [0.3, 0.4) is 0 Å². The Morgan fingerprint density at radius 3 is 2.38 bits per heavy atom. The summed E-state index contributed by atoms with van der Waals surface area (Å²) in [7, 11) is 0. The molecule has 0 fully saturated rings. The molecule has 0 aliphatic heterocycles. The fourth-order valence-electron chi connectivity index (χ4n) is 1.65. The number of thioether (sulfide) groups is 1. The van der Waals surface area contributed by atoms with E-state index in [9.17, 15) is 0 Å². The van der Waals surface area contributed by atoms with E-state index in [-0.39, 0.29) is 0 Å². The molecule has 0 unspecified atom stereocenters. The van der Waals surface area contributed by atoms with Gasteiger partial charge in [0, 0.05) is 11.3 Å². The van der Waals surface area contributed by atoms with E-state index in [1.54, 1.807) is 0 Å². The van der Waals surface area contributed by atoms with Gasteiger partial charge in [-0.05, 0) is 18.1 Å². The smallest absolute Gasteiger partial charge is 0.133 e. The summed E-state index contributed by atoms with van der Waals surface area (Å²) in [6, 6.07) is 0. The van der Waals surface area contributed by atoms with E-state index < -0.39 is 0 Å².